The first kappa shape index (κ1) is 13.9. The summed E-state index contributed by atoms with van der Waals surface area (Å²) in [5, 5.41) is 7.05. The lowest BCUT2D eigenvalue weighted by molar-refractivity contribution is 0.790. The summed E-state index contributed by atoms with van der Waals surface area (Å²) >= 11 is 19.3. The van der Waals surface area contributed by atoms with Crippen molar-refractivity contribution in [2.75, 3.05) is 5.32 Å². The molecule has 3 N–H and O–H groups in total. The van der Waals surface area contributed by atoms with Gasteiger partial charge >= 0.3 is 0 Å². The molecule has 1 unspecified atom stereocenters. The lowest BCUT2D eigenvalue weighted by atomic mass is 10.3. The monoisotopic (exact) mass is 321 g/mol. The first-order chi connectivity index (χ1) is 8.47. The first-order valence-corrected chi connectivity index (χ1v) is 7.11. The zero-order valence-corrected chi connectivity index (χ0v) is 12.5. The molecule has 0 saturated carbocycles. The number of nitrogens with one attached hydrogen (secondary N) is 1. The van der Waals surface area contributed by atoms with Crippen molar-refractivity contribution in [3.63, 3.8) is 0 Å². The van der Waals surface area contributed by atoms with Crippen LogP contribution in [0.4, 0.5) is 10.8 Å². The van der Waals surface area contributed by atoms with Crippen LogP contribution >= 0.6 is 46.1 Å². The van der Waals surface area contributed by atoms with Crippen LogP contribution in [0.5, 0.6) is 0 Å². The van der Waals surface area contributed by atoms with Gasteiger partial charge in [-0.05, 0) is 19.1 Å². The summed E-state index contributed by atoms with van der Waals surface area (Å²) < 4.78 is 0. The number of thiazole rings is 1. The molecule has 0 radical (unpaired) electrons. The van der Waals surface area contributed by atoms with Crippen LogP contribution in [0.2, 0.25) is 15.1 Å². The van der Waals surface area contributed by atoms with Crippen LogP contribution in [0.15, 0.2) is 17.5 Å². The third-order valence-electron chi connectivity index (χ3n) is 2.24. The molecule has 7 heteroatoms. The number of hydrogen-bond donors (Lipinski definition) is 2. The third-order valence-corrected chi connectivity index (χ3v) is 4.05. The molecule has 0 aliphatic carbocycles. The van der Waals surface area contributed by atoms with Crippen molar-refractivity contribution in [3.8, 4) is 0 Å². The molecule has 0 fully saturated rings. The Balaban J connectivity index is 2.25. The molecule has 3 nitrogen and oxygen atoms in total. The van der Waals surface area contributed by atoms with Crippen LogP contribution < -0.4 is 11.1 Å². The molecule has 0 saturated heterocycles. The van der Waals surface area contributed by atoms with Crippen LogP contribution in [0.3, 0.4) is 0 Å². The zero-order chi connectivity index (χ0) is 13.3. The maximum atomic E-state index is 6.07. The average Bonchev–Trinajstić information content (AvgIpc) is 2.74. The van der Waals surface area contributed by atoms with E-state index < -0.39 is 0 Å². The van der Waals surface area contributed by atoms with Gasteiger partial charge in [-0.2, -0.15) is 0 Å². The Morgan fingerprint density at radius 3 is 2.50 bits per heavy atom. The van der Waals surface area contributed by atoms with Gasteiger partial charge in [0.05, 0.1) is 26.4 Å². The van der Waals surface area contributed by atoms with Gasteiger partial charge in [0.2, 0.25) is 0 Å². The highest BCUT2D eigenvalue weighted by Gasteiger charge is 2.09. The molecule has 2 rings (SSSR count). The maximum absolute atomic E-state index is 6.07. The summed E-state index contributed by atoms with van der Waals surface area (Å²) in [4.78, 5) is 4.35. The highest BCUT2D eigenvalue weighted by atomic mass is 35.5. The minimum absolute atomic E-state index is 0.0962. The molecule has 1 aromatic heterocycles. The number of nitrogens with zero attached hydrogens (tertiary/aromatic N) is 1. The van der Waals surface area contributed by atoms with Gasteiger partial charge in [-0.25, -0.2) is 4.98 Å². The van der Waals surface area contributed by atoms with Crippen molar-refractivity contribution in [2.24, 2.45) is 5.73 Å². The van der Waals surface area contributed by atoms with Crippen molar-refractivity contribution in [1.82, 2.24) is 4.98 Å². The summed E-state index contributed by atoms with van der Waals surface area (Å²) in [6, 6.07) is 3.16. The van der Waals surface area contributed by atoms with E-state index in [9.17, 15) is 0 Å². The van der Waals surface area contributed by atoms with Crippen molar-refractivity contribution in [1.29, 1.82) is 0 Å². The predicted octanol–water partition coefficient (Wildman–Crippen LogP) is 4.87. The summed E-state index contributed by atoms with van der Waals surface area (Å²) in [5.74, 6) is 0. The van der Waals surface area contributed by atoms with Crippen molar-refractivity contribution < 1.29 is 0 Å². The Morgan fingerprint density at radius 2 is 1.89 bits per heavy atom. The number of rotatable bonds is 3. The Bertz CT molecular complexity index is 569. The van der Waals surface area contributed by atoms with Crippen LogP contribution in [-0.2, 0) is 0 Å². The molecule has 2 aromatic rings. The highest BCUT2D eigenvalue weighted by Crippen LogP contribution is 2.34. The van der Waals surface area contributed by atoms with Crippen molar-refractivity contribution in [3.05, 3.63) is 38.3 Å². The quantitative estimate of drug-likeness (QED) is 0.793. The van der Waals surface area contributed by atoms with Crippen molar-refractivity contribution in [2.45, 2.75) is 13.0 Å². The number of anilines is 2. The smallest absolute Gasteiger partial charge is 0.187 e. The second-order valence-electron chi connectivity index (χ2n) is 3.74. The van der Waals surface area contributed by atoms with Crippen LogP contribution in [-0.4, -0.2) is 4.98 Å². The molecule has 0 amide bonds. The standard InChI is InChI=1S/C11H10Cl3N3S/c1-5(15)10-4-18-11(17-10)16-9-3-7(13)6(12)2-8(9)14/h2-5H,15H2,1H3,(H,16,17). The molecule has 0 aliphatic heterocycles. The number of halogens is 3. The van der Waals surface area contributed by atoms with Gasteiger partial charge in [-0.1, -0.05) is 34.8 Å². The van der Waals surface area contributed by atoms with E-state index in [4.69, 9.17) is 40.5 Å². The topological polar surface area (TPSA) is 50.9 Å². The minimum atomic E-state index is -0.0962. The Morgan fingerprint density at radius 1 is 1.22 bits per heavy atom. The van der Waals surface area contributed by atoms with E-state index in [2.05, 4.69) is 10.3 Å². The van der Waals surface area contributed by atoms with Gasteiger partial charge < -0.3 is 11.1 Å². The highest BCUT2D eigenvalue weighted by molar-refractivity contribution is 7.13. The van der Waals surface area contributed by atoms with E-state index in [1.54, 1.807) is 12.1 Å². The molecular weight excluding hydrogens is 313 g/mol. The summed E-state index contributed by atoms with van der Waals surface area (Å²) in [7, 11) is 0. The lowest BCUT2D eigenvalue weighted by Crippen LogP contribution is -2.05. The Labute approximate surface area is 124 Å². The number of nitrogens with two attached hydrogens (primary N) is 1. The molecule has 18 heavy (non-hydrogen) atoms. The minimum Gasteiger partial charge on any atom is -0.330 e. The molecule has 1 heterocycles. The molecular formula is C11H10Cl3N3S. The van der Waals surface area contributed by atoms with Gasteiger partial charge in [0, 0.05) is 11.4 Å². The summed E-state index contributed by atoms with van der Waals surface area (Å²) in [6.45, 7) is 1.88. The van der Waals surface area contributed by atoms with Gasteiger partial charge in [0.15, 0.2) is 5.13 Å². The van der Waals surface area contributed by atoms with Crippen LogP contribution in [0, 0.1) is 0 Å². The summed E-state index contributed by atoms with van der Waals surface area (Å²) in [5.41, 5.74) is 7.24. The largest absolute Gasteiger partial charge is 0.330 e. The second kappa shape index (κ2) is 5.63. The van der Waals surface area contributed by atoms with E-state index in [1.807, 2.05) is 12.3 Å². The zero-order valence-electron chi connectivity index (χ0n) is 9.38. The second-order valence-corrected chi connectivity index (χ2v) is 5.82. The van der Waals surface area contributed by atoms with E-state index in [0.29, 0.717) is 25.9 Å². The average molecular weight is 323 g/mol. The third kappa shape index (κ3) is 3.08. The normalized spacial score (nSPS) is 12.5. The lowest BCUT2D eigenvalue weighted by Gasteiger charge is -2.07. The van der Waals surface area contributed by atoms with E-state index in [-0.39, 0.29) is 6.04 Å². The number of hydrogen-bond acceptors (Lipinski definition) is 4. The molecule has 96 valence electrons. The Kier molecular flexibility index (Phi) is 4.35. The van der Waals surface area contributed by atoms with Gasteiger partial charge in [0.25, 0.3) is 0 Å². The SMILES string of the molecule is CC(N)c1csc(Nc2cc(Cl)c(Cl)cc2Cl)n1. The van der Waals surface area contributed by atoms with Gasteiger partial charge in [-0.15, -0.1) is 11.3 Å². The molecule has 1 aromatic carbocycles. The molecule has 1 atom stereocenters. The van der Waals surface area contributed by atoms with Gasteiger partial charge in [-0.3, -0.25) is 0 Å². The van der Waals surface area contributed by atoms with E-state index in [0.717, 1.165) is 5.69 Å². The van der Waals surface area contributed by atoms with Crippen LogP contribution in [0.25, 0.3) is 0 Å². The summed E-state index contributed by atoms with van der Waals surface area (Å²) in [6.07, 6.45) is 0. The molecule has 0 spiro atoms. The molecule has 0 aliphatic rings. The van der Waals surface area contributed by atoms with Gasteiger partial charge in [0.1, 0.15) is 0 Å². The number of benzene rings is 1. The Hall–Kier alpha value is -0.520. The maximum Gasteiger partial charge on any atom is 0.187 e. The molecule has 0 bridgehead atoms. The fraction of sp³-hybridized carbons (Fsp3) is 0.182. The fourth-order valence-electron chi connectivity index (χ4n) is 1.29. The fourth-order valence-corrected chi connectivity index (χ4v) is 2.71. The van der Waals surface area contributed by atoms with E-state index >= 15 is 0 Å². The first-order valence-electron chi connectivity index (χ1n) is 5.10. The van der Waals surface area contributed by atoms with Crippen molar-refractivity contribution >= 4 is 57.0 Å². The van der Waals surface area contributed by atoms with Crippen LogP contribution in [0.1, 0.15) is 18.7 Å². The van der Waals surface area contributed by atoms with E-state index in [1.165, 1.54) is 11.3 Å². The predicted molar refractivity (Wildman–Crippen MR) is 79.5 cm³/mol. The number of aromatic nitrogens is 1.